The number of nitrogens with one attached hydrogen (secondary N) is 1. The molecular formula is C10H14FNO3S. The maximum atomic E-state index is 12.9. The smallest absolute Gasteiger partial charge is 0.240 e. The Morgan fingerprint density at radius 3 is 2.75 bits per heavy atom. The number of hydrogen-bond donors (Lipinski definition) is 1. The molecule has 0 bridgehead atoms. The van der Waals surface area contributed by atoms with Gasteiger partial charge in [0.1, 0.15) is 5.82 Å². The maximum Gasteiger partial charge on any atom is 0.240 e. The van der Waals surface area contributed by atoms with Crippen LogP contribution < -0.4 is 4.72 Å². The summed E-state index contributed by atoms with van der Waals surface area (Å²) >= 11 is 0. The Kier molecular flexibility index (Phi) is 4.40. The molecule has 90 valence electrons. The minimum Gasteiger partial charge on any atom is -0.383 e. The summed E-state index contributed by atoms with van der Waals surface area (Å²) in [5.41, 5.74) is 0. The third-order valence-electron chi connectivity index (χ3n) is 1.88. The predicted octanol–water partition coefficient (Wildman–Crippen LogP) is 1.14. The molecular weight excluding hydrogens is 233 g/mol. The average Bonchev–Trinajstić information content (AvgIpc) is 2.17. The topological polar surface area (TPSA) is 55.4 Å². The van der Waals surface area contributed by atoms with E-state index in [-0.39, 0.29) is 17.5 Å². The first-order chi connectivity index (χ1) is 7.45. The molecule has 0 aliphatic heterocycles. The highest BCUT2D eigenvalue weighted by atomic mass is 32.2. The fourth-order valence-corrected chi connectivity index (χ4v) is 2.51. The second-order valence-corrected chi connectivity index (χ2v) is 5.15. The van der Waals surface area contributed by atoms with Crippen molar-refractivity contribution < 1.29 is 17.5 Å². The quantitative estimate of drug-likeness (QED) is 0.849. The van der Waals surface area contributed by atoms with Crippen molar-refractivity contribution in [1.29, 1.82) is 0 Å². The second kappa shape index (κ2) is 5.38. The third kappa shape index (κ3) is 3.55. The van der Waals surface area contributed by atoms with Crippen molar-refractivity contribution in [2.24, 2.45) is 0 Å². The van der Waals surface area contributed by atoms with Gasteiger partial charge in [-0.1, -0.05) is 6.07 Å². The van der Waals surface area contributed by atoms with Crippen LogP contribution in [0.1, 0.15) is 6.92 Å². The van der Waals surface area contributed by atoms with Gasteiger partial charge in [-0.3, -0.25) is 0 Å². The maximum absolute atomic E-state index is 12.9. The number of rotatable bonds is 5. The van der Waals surface area contributed by atoms with Crippen LogP contribution in [0.15, 0.2) is 29.2 Å². The van der Waals surface area contributed by atoms with Crippen molar-refractivity contribution in [1.82, 2.24) is 4.72 Å². The van der Waals surface area contributed by atoms with E-state index in [9.17, 15) is 12.8 Å². The number of ether oxygens (including phenoxy) is 1. The van der Waals surface area contributed by atoms with Gasteiger partial charge in [0.05, 0.1) is 11.5 Å². The Morgan fingerprint density at radius 1 is 1.50 bits per heavy atom. The summed E-state index contributed by atoms with van der Waals surface area (Å²) in [5, 5.41) is 0. The van der Waals surface area contributed by atoms with Gasteiger partial charge in [0.2, 0.25) is 10.0 Å². The van der Waals surface area contributed by atoms with Crippen molar-refractivity contribution in [3.63, 3.8) is 0 Å². The van der Waals surface area contributed by atoms with Gasteiger partial charge in [0, 0.05) is 13.2 Å². The minimum absolute atomic E-state index is 0.0875. The zero-order valence-electron chi connectivity index (χ0n) is 9.10. The van der Waals surface area contributed by atoms with E-state index in [0.717, 1.165) is 6.07 Å². The zero-order valence-corrected chi connectivity index (χ0v) is 9.92. The molecule has 1 unspecified atom stereocenters. The van der Waals surface area contributed by atoms with Crippen molar-refractivity contribution in [3.8, 4) is 0 Å². The molecule has 1 rings (SSSR count). The van der Waals surface area contributed by atoms with Crippen LogP contribution in [0.3, 0.4) is 0 Å². The van der Waals surface area contributed by atoms with E-state index in [1.807, 2.05) is 0 Å². The first-order valence-corrected chi connectivity index (χ1v) is 6.21. The van der Waals surface area contributed by atoms with Crippen LogP contribution >= 0.6 is 0 Å². The molecule has 0 radical (unpaired) electrons. The number of methoxy groups -OCH3 is 1. The zero-order chi connectivity index (χ0) is 12.2. The first kappa shape index (κ1) is 13.1. The van der Waals surface area contributed by atoms with Crippen LogP contribution in [0.4, 0.5) is 4.39 Å². The Labute approximate surface area is 94.5 Å². The van der Waals surface area contributed by atoms with E-state index in [4.69, 9.17) is 4.74 Å². The molecule has 0 aromatic heterocycles. The molecule has 0 amide bonds. The lowest BCUT2D eigenvalue weighted by Gasteiger charge is -2.13. The molecule has 0 saturated carbocycles. The fourth-order valence-electron chi connectivity index (χ4n) is 1.25. The molecule has 4 nitrogen and oxygen atoms in total. The van der Waals surface area contributed by atoms with Crippen molar-refractivity contribution in [2.75, 3.05) is 13.7 Å². The van der Waals surface area contributed by atoms with Gasteiger partial charge in [-0.2, -0.15) is 0 Å². The van der Waals surface area contributed by atoms with Gasteiger partial charge in [0.15, 0.2) is 0 Å². The molecule has 1 aromatic carbocycles. The number of halogens is 1. The second-order valence-electron chi connectivity index (χ2n) is 3.44. The van der Waals surface area contributed by atoms with E-state index in [0.29, 0.717) is 0 Å². The molecule has 0 heterocycles. The molecule has 0 aliphatic rings. The Morgan fingerprint density at radius 2 is 2.19 bits per heavy atom. The molecule has 6 heteroatoms. The average molecular weight is 247 g/mol. The Hall–Kier alpha value is -0.980. The summed E-state index contributed by atoms with van der Waals surface area (Å²) in [6.07, 6.45) is 0. The molecule has 0 spiro atoms. The normalized spacial score (nSPS) is 13.7. The molecule has 16 heavy (non-hydrogen) atoms. The lowest BCUT2D eigenvalue weighted by Crippen LogP contribution is -2.35. The van der Waals surface area contributed by atoms with E-state index in [1.165, 1.54) is 25.3 Å². The highest BCUT2D eigenvalue weighted by Gasteiger charge is 2.17. The van der Waals surface area contributed by atoms with Crippen LogP contribution in [-0.2, 0) is 14.8 Å². The van der Waals surface area contributed by atoms with Gasteiger partial charge in [-0.15, -0.1) is 0 Å². The standard InChI is InChI=1S/C10H14FNO3S/c1-8(7-15-2)12-16(13,14)10-5-3-4-9(11)6-10/h3-6,8,12H,7H2,1-2H3. The number of hydrogen-bond acceptors (Lipinski definition) is 3. The summed E-state index contributed by atoms with van der Waals surface area (Å²) in [6.45, 7) is 1.93. The van der Waals surface area contributed by atoms with Crippen LogP contribution in [0, 0.1) is 5.82 Å². The van der Waals surface area contributed by atoms with E-state index < -0.39 is 15.8 Å². The predicted molar refractivity (Wildman–Crippen MR) is 58.1 cm³/mol. The van der Waals surface area contributed by atoms with Gasteiger partial charge in [0.25, 0.3) is 0 Å². The summed E-state index contributed by atoms with van der Waals surface area (Å²) in [5.74, 6) is -0.581. The first-order valence-electron chi connectivity index (χ1n) is 4.72. The number of sulfonamides is 1. The van der Waals surface area contributed by atoms with Crippen LogP contribution in [0.5, 0.6) is 0 Å². The molecule has 0 saturated heterocycles. The summed E-state index contributed by atoms with van der Waals surface area (Å²) < 4.78 is 43.5. The molecule has 1 aromatic rings. The van der Waals surface area contributed by atoms with Crippen molar-refractivity contribution >= 4 is 10.0 Å². The van der Waals surface area contributed by atoms with Crippen LogP contribution in [0.2, 0.25) is 0 Å². The summed E-state index contributed by atoms with van der Waals surface area (Å²) in [4.78, 5) is -0.0875. The SMILES string of the molecule is COCC(C)NS(=O)(=O)c1cccc(F)c1. The monoisotopic (exact) mass is 247 g/mol. The highest BCUT2D eigenvalue weighted by molar-refractivity contribution is 7.89. The largest absolute Gasteiger partial charge is 0.383 e. The minimum atomic E-state index is -3.67. The fraction of sp³-hybridized carbons (Fsp3) is 0.400. The summed E-state index contributed by atoms with van der Waals surface area (Å²) in [6, 6.07) is 4.49. The van der Waals surface area contributed by atoms with Crippen molar-refractivity contribution in [2.45, 2.75) is 17.9 Å². The van der Waals surface area contributed by atoms with E-state index in [2.05, 4.69) is 4.72 Å². The van der Waals surface area contributed by atoms with Crippen LogP contribution in [-0.4, -0.2) is 28.2 Å². The third-order valence-corrected chi connectivity index (χ3v) is 3.47. The molecule has 1 atom stereocenters. The van der Waals surface area contributed by atoms with Gasteiger partial charge in [-0.25, -0.2) is 17.5 Å². The van der Waals surface area contributed by atoms with E-state index >= 15 is 0 Å². The highest BCUT2D eigenvalue weighted by Crippen LogP contribution is 2.10. The van der Waals surface area contributed by atoms with Crippen molar-refractivity contribution in [3.05, 3.63) is 30.1 Å². The van der Waals surface area contributed by atoms with Gasteiger partial charge < -0.3 is 4.74 Å². The summed E-state index contributed by atoms with van der Waals surface area (Å²) in [7, 11) is -2.20. The lowest BCUT2D eigenvalue weighted by atomic mass is 10.4. The number of benzene rings is 1. The molecule has 0 fully saturated rings. The van der Waals surface area contributed by atoms with Gasteiger partial charge >= 0.3 is 0 Å². The molecule has 1 N–H and O–H groups in total. The van der Waals surface area contributed by atoms with E-state index in [1.54, 1.807) is 6.92 Å². The van der Waals surface area contributed by atoms with Crippen LogP contribution in [0.25, 0.3) is 0 Å². The van der Waals surface area contributed by atoms with Gasteiger partial charge in [-0.05, 0) is 25.1 Å². The molecule has 0 aliphatic carbocycles. The Balaban J connectivity index is 2.86. The Bertz CT molecular complexity index is 447. The lowest BCUT2D eigenvalue weighted by molar-refractivity contribution is 0.180.